The van der Waals surface area contributed by atoms with E-state index in [1.165, 1.54) is 37.8 Å². The predicted molar refractivity (Wildman–Crippen MR) is 141 cm³/mol. The minimum atomic E-state index is -0.203. The highest BCUT2D eigenvalue weighted by Crippen LogP contribution is 2.38. The smallest absolute Gasteiger partial charge is 0.319 e. The lowest BCUT2D eigenvalue weighted by Crippen LogP contribution is -2.41. The zero-order chi connectivity index (χ0) is 23.9. The molecule has 1 atom stereocenters. The molecule has 0 saturated carbocycles. The molecule has 1 fully saturated rings. The minimum Gasteiger partial charge on any atom is -0.338 e. The Morgan fingerprint density at radius 3 is 2.76 bits per heavy atom. The maximum Gasteiger partial charge on any atom is 0.319 e. The highest BCUT2D eigenvalue weighted by atomic mass is 32.2. The number of hydrogen-bond donors (Lipinski definition) is 2. The van der Waals surface area contributed by atoms with Gasteiger partial charge in [-0.1, -0.05) is 43.2 Å². The second-order valence-electron chi connectivity index (χ2n) is 9.26. The van der Waals surface area contributed by atoms with Crippen LogP contribution in [0.4, 0.5) is 16.2 Å². The Balaban J connectivity index is 1.32. The lowest BCUT2D eigenvalue weighted by molar-refractivity contribution is -0.116. The summed E-state index contributed by atoms with van der Waals surface area (Å²) in [6.07, 6.45) is 6.06. The molecule has 0 aromatic heterocycles. The lowest BCUT2D eigenvalue weighted by Gasteiger charge is -2.35. The van der Waals surface area contributed by atoms with Gasteiger partial charge in [-0.05, 0) is 62.9 Å². The molecular weight excluding hydrogens is 444 g/mol. The van der Waals surface area contributed by atoms with Crippen LogP contribution in [0.2, 0.25) is 0 Å². The van der Waals surface area contributed by atoms with Crippen molar-refractivity contribution in [2.45, 2.75) is 63.4 Å². The molecule has 2 aliphatic rings. The van der Waals surface area contributed by atoms with Gasteiger partial charge >= 0.3 is 6.03 Å². The van der Waals surface area contributed by atoms with Gasteiger partial charge in [-0.15, -0.1) is 11.8 Å². The molecule has 2 aromatic rings. The number of hydrogen-bond acceptors (Lipinski definition) is 4. The molecule has 3 amide bonds. The van der Waals surface area contributed by atoms with Crippen molar-refractivity contribution in [3.8, 4) is 0 Å². The number of likely N-dealkylation sites (tertiary alicyclic amines) is 1. The summed E-state index contributed by atoms with van der Waals surface area (Å²) < 4.78 is 0. The number of carbonyl (C=O) groups is 2. The van der Waals surface area contributed by atoms with Crippen molar-refractivity contribution in [1.29, 1.82) is 0 Å². The van der Waals surface area contributed by atoms with Crippen LogP contribution in [-0.2, 0) is 11.3 Å². The van der Waals surface area contributed by atoms with E-state index >= 15 is 0 Å². The number of aryl methyl sites for hydroxylation is 1. The maximum absolute atomic E-state index is 12.7. The van der Waals surface area contributed by atoms with Crippen LogP contribution in [0.1, 0.15) is 50.2 Å². The molecule has 4 rings (SSSR count). The Hall–Kier alpha value is -2.51. The quantitative estimate of drug-likeness (QED) is 0.496. The van der Waals surface area contributed by atoms with Gasteiger partial charge < -0.3 is 20.4 Å². The van der Waals surface area contributed by atoms with E-state index in [2.05, 4.69) is 53.6 Å². The molecular formula is C27H36N4O2S. The average molecular weight is 481 g/mol. The summed E-state index contributed by atoms with van der Waals surface area (Å²) in [5, 5.41) is 5.93. The third-order valence-electron chi connectivity index (χ3n) is 6.75. The number of piperidine rings is 1. The van der Waals surface area contributed by atoms with Crippen molar-refractivity contribution in [3.63, 3.8) is 0 Å². The van der Waals surface area contributed by atoms with E-state index < -0.39 is 0 Å². The number of fused-ring (bicyclic) bond motifs is 1. The molecule has 34 heavy (non-hydrogen) atoms. The molecule has 0 bridgehead atoms. The number of amides is 3. The molecule has 0 spiro atoms. The zero-order valence-electron chi connectivity index (χ0n) is 20.3. The van der Waals surface area contributed by atoms with Gasteiger partial charge in [0.25, 0.3) is 0 Å². The summed E-state index contributed by atoms with van der Waals surface area (Å²) in [4.78, 5) is 30.7. The number of urea groups is 1. The normalized spacial score (nSPS) is 18.5. The first-order chi connectivity index (χ1) is 16.5. The van der Waals surface area contributed by atoms with Crippen molar-refractivity contribution in [1.82, 2.24) is 10.2 Å². The highest BCUT2D eigenvalue weighted by Gasteiger charge is 2.25. The van der Waals surface area contributed by atoms with Gasteiger partial charge in [0.1, 0.15) is 0 Å². The van der Waals surface area contributed by atoms with E-state index in [1.807, 2.05) is 23.1 Å². The predicted octanol–water partition coefficient (Wildman–Crippen LogP) is 5.41. The molecule has 2 aliphatic heterocycles. The van der Waals surface area contributed by atoms with Gasteiger partial charge in [0.05, 0.1) is 18.0 Å². The molecule has 0 radical (unpaired) electrons. The molecule has 6 nitrogen and oxygen atoms in total. The highest BCUT2D eigenvalue weighted by molar-refractivity contribution is 8.00. The molecule has 7 heteroatoms. The largest absolute Gasteiger partial charge is 0.338 e. The van der Waals surface area contributed by atoms with Crippen molar-refractivity contribution in [2.75, 3.05) is 35.6 Å². The van der Waals surface area contributed by atoms with E-state index in [4.69, 9.17) is 0 Å². The van der Waals surface area contributed by atoms with Crippen molar-refractivity contribution < 1.29 is 9.59 Å². The van der Waals surface area contributed by atoms with Gasteiger partial charge in [0.2, 0.25) is 5.91 Å². The third-order valence-corrected chi connectivity index (χ3v) is 7.80. The first kappa shape index (κ1) is 24.6. The Bertz CT molecular complexity index is 995. The minimum absolute atomic E-state index is 0.0859. The molecule has 1 unspecified atom stereocenters. The van der Waals surface area contributed by atoms with Gasteiger partial charge in [-0.2, -0.15) is 0 Å². The number of rotatable bonds is 8. The Morgan fingerprint density at radius 2 is 1.97 bits per heavy atom. The van der Waals surface area contributed by atoms with Crippen LogP contribution in [0, 0.1) is 6.92 Å². The fourth-order valence-electron chi connectivity index (χ4n) is 4.81. The van der Waals surface area contributed by atoms with E-state index in [0.29, 0.717) is 30.6 Å². The van der Waals surface area contributed by atoms with Gasteiger partial charge in [0, 0.05) is 29.7 Å². The zero-order valence-corrected chi connectivity index (χ0v) is 21.1. The number of nitrogens with one attached hydrogen (secondary N) is 2. The Labute approximate surface area is 207 Å². The van der Waals surface area contributed by atoms with Crippen LogP contribution < -0.4 is 15.5 Å². The maximum atomic E-state index is 12.7. The number of thioether (sulfide) groups is 1. The summed E-state index contributed by atoms with van der Waals surface area (Å²) >= 11 is 1.55. The molecule has 182 valence electrons. The number of carbonyl (C=O) groups excluding carboxylic acids is 2. The van der Waals surface area contributed by atoms with Crippen LogP contribution in [0.15, 0.2) is 47.4 Å². The topological polar surface area (TPSA) is 64.7 Å². The lowest BCUT2D eigenvalue weighted by atomic mass is 10.00. The molecule has 0 aliphatic carbocycles. The molecule has 2 aromatic carbocycles. The third kappa shape index (κ3) is 6.33. The standard InChI is InChI=1S/C27H36N4O2S/c1-3-23-7-4-5-15-30(23)16-6-14-28-27(33)29-22-12-13-25-24(17-22)31(26(32)19-34-25)18-21-10-8-20(2)9-11-21/h8-13,17,23H,3-7,14-16,18-19H2,1-2H3,(H2,28,29,33). The second kappa shape index (κ2) is 11.8. The molecule has 1 saturated heterocycles. The van der Waals surface area contributed by atoms with E-state index in [0.717, 1.165) is 29.1 Å². The van der Waals surface area contributed by atoms with Gasteiger partial charge in [-0.3, -0.25) is 4.79 Å². The fourth-order valence-corrected chi connectivity index (χ4v) is 5.72. The second-order valence-corrected chi connectivity index (χ2v) is 10.3. The van der Waals surface area contributed by atoms with Crippen molar-refractivity contribution in [2.24, 2.45) is 0 Å². The molecule has 2 N–H and O–H groups in total. The number of benzene rings is 2. The first-order valence-corrected chi connectivity index (χ1v) is 13.4. The number of nitrogens with zero attached hydrogens (tertiary/aromatic N) is 2. The summed E-state index contributed by atoms with van der Waals surface area (Å²) in [5.74, 6) is 0.518. The van der Waals surface area contributed by atoms with Crippen molar-refractivity contribution >= 4 is 35.1 Å². The average Bonchev–Trinajstić information content (AvgIpc) is 2.85. The van der Waals surface area contributed by atoms with Crippen LogP contribution in [0.3, 0.4) is 0 Å². The monoisotopic (exact) mass is 480 g/mol. The SMILES string of the molecule is CCC1CCCCN1CCCNC(=O)Nc1ccc2c(c1)N(Cc1ccc(C)cc1)C(=O)CS2. The van der Waals surface area contributed by atoms with E-state index in [-0.39, 0.29) is 11.9 Å². The fraction of sp³-hybridized carbons (Fsp3) is 0.481. The van der Waals surface area contributed by atoms with Crippen LogP contribution >= 0.6 is 11.8 Å². The summed E-state index contributed by atoms with van der Waals surface area (Å²) in [6, 6.07) is 14.6. The van der Waals surface area contributed by atoms with E-state index in [1.54, 1.807) is 11.8 Å². The van der Waals surface area contributed by atoms with Gasteiger partial charge in [0.15, 0.2) is 0 Å². The number of anilines is 2. The summed E-state index contributed by atoms with van der Waals surface area (Å²) in [6.45, 7) is 7.71. The van der Waals surface area contributed by atoms with Crippen LogP contribution in [0.25, 0.3) is 0 Å². The van der Waals surface area contributed by atoms with E-state index in [9.17, 15) is 9.59 Å². The summed E-state index contributed by atoms with van der Waals surface area (Å²) in [5.41, 5.74) is 3.84. The van der Waals surface area contributed by atoms with Crippen LogP contribution in [0.5, 0.6) is 0 Å². The van der Waals surface area contributed by atoms with Gasteiger partial charge in [-0.25, -0.2) is 4.79 Å². The molecule has 2 heterocycles. The van der Waals surface area contributed by atoms with Crippen LogP contribution in [-0.4, -0.2) is 48.3 Å². The first-order valence-electron chi connectivity index (χ1n) is 12.4. The van der Waals surface area contributed by atoms with Crippen molar-refractivity contribution in [3.05, 3.63) is 53.6 Å². The summed E-state index contributed by atoms with van der Waals surface area (Å²) in [7, 11) is 0. The Kier molecular flexibility index (Phi) is 8.51. The Morgan fingerprint density at radius 1 is 1.15 bits per heavy atom.